The van der Waals surface area contributed by atoms with Crippen molar-refractivity contribution in [3.63, 3.8) is 0 Å². The van der Waals surface area contributed by atoms with Crippen LogP contribution < -0.4 is 0 Å². The number of aliphatic hydroxyl groups is 1. The molecule has 0 heterocycles. The number of Topliss-reactive ketones (excluding diaryl/α,β-unsaturated/α-hetero) is 1. The smallest absolute Gasteiger partial charge is 0.161 e. The molecule has 0 saturated heterocycles. The molecule has 0 aliphatic heterocycles. The lowest BCUT2D eigenvalue weighted by atomic mass is 9.94. The van der Waals surface area contributed by atoms with Gasteiger partial charge in [0.2, 0.25) is 0 Å². The van der Waals surface area contributed by atoms with E-state index in [1.165, 1.54) is 0 Å². The van der Waals surface area contributed by atoms with Gasteiger partial charge in [0, 0.05) is 6.42 Å². The lowest BCUT2D eigenvalue weighted by Gasteiger charge is -2.15. The fraction of sp³-hybridized carbons (Fsp3) is 0.900. The Bertz CT molecular complexity index is 141. The van der Waals surface area contributed by atoms with E-state index in [2.05, 4.69) is 6.92 Å². The van der Waals surface area contributed by atoms with Crippen molar-refractivity contribution in [2.75, 3.05) is 0 Å². The van der Waals surface area contributed by atoms with Crippen LogP contribution in [-0.2, 0) is 4.79 Å². The molecule has 0 bridgehead atoms. The minimum atomic E-state index is -0.765. The van der Waals surface area contributed by atoms with Crippen LogP contribution >= 0.6 is 0 Å². The molecule has 0 radical (unpaired) electrons. The minimum absolute atomic E-state index is 0.0145. The summed E-state index contributed by atoms with van der Waals surface area (Å²) in [5.74, 6) is 0.423. The van der Waals surface area contributed by atoms with E-state index in [0.29, 0.717) is 12.3 Å². The van der Waals surface area contributed by atoms with Gasteiger partial charge in [0.05, 0.1) is 0 Å². The third-order valence-corrected chi connectivity index (χ3v) is 2.21. The zero-order valence-electron chi connectivity index (χ0n) is 8.50. The Morgan fingerprint density at radius 1 is 1.33 bits per heavy atom. The van der Waals surface area contributed by atoms with Crippen molar-refractivity contribution in [3.05, 3.63) is 0 Å². The maximum atomic E-state index is 11.3. The van der Waals surface area contributed by atoms with E-state index >= 15 is 0 Å². The third kappa shape index (κ3) is 3.86. The molecule has 12 heavy (non-hydrogen) atoms. The van der Waals surface area contributed by atoms with E-state index in [-0.39, 0.29) is 11.7 Å². The summed E-state index contributed by atoms with van der Waals surface area (Å²) in [5, 5.41) is 9.39. The number of ketones is 1. The summed E-state index contributed by atoms with van der Waals surface area (Å²) in [6, 6.07) is 0. The van der Waals surface area contributed by atoms with E-state index in [4.69, 9.17) is 0 Å². The lowest BCUT2D eigenvalue weighted by Crippen LogP contribution is -2.27. The predicted molar refractivity (Wildman–Crippen MR) is 49.9 cm³/mol. The summed E-state index contributed by atoms with van der Waals surface area (Å²) in [5.41, 5.74) is 0. The largest absolute Gasteiger partial charge is 0.385 e. The van der Waals surface area contributed by atoms with E-state index in [1.54, 1.807) is 0 Å². The van der Waals surface area contributed by atoms with Gasteiger partial charge in [-0.1, -0.05) is 34.1 Å². The average Bonchev–Trinajstić information content (AvgIpc) is 2.02. The van der Waals surface area contributed by atoms with E-state index in [0.717, 1.165) is 6.42 Å². The van der Waals surface area contributed by atoms with Crippen LogP contribution in [-0.4, -0.2) is 17.0 Å². The first-order valence-electron chi connectivity index (χ1n) is 4.69. The number of rotatable bonds is 5. The van der Waals surface area contributed by atoms with E-state index in [1.807, 2.05) is 20.8 Å². The fourth-order valence-electron chi connectivity index (χ4n) is 0.980. The summed E-state index contributed by atoms with van der Waals surface area (Å²) < 4.78 is 0. The Morgan fingerprint density at radius 2 is 1.83 bits per heavy atom. The van der Waals surface area contributed by atoms with Crippen molar-refractivity contribution >= 4 is 5.78 Å². The summed E-state index contributed by atoms with van der Waals surface area (Å²) >= 11 is 0. The second-order valence-electron chi connectivity index (χ2n) is 3.87. The van der Waals surface area contributed by atoms with E-state index in [9.17, 15) is 9.90 Å². The SMILES string of the molecule is CCC(C)CC(=O)C(O)C(C)C. The van der Waals surface area contributed by atoms with Crippen molar-refractivity contribution in [3.8, 4) is 0 Å². The standard InChI is InChI=1S/C10H20O2/c1-5-8(4)6-9(11)10(12)7(2)3/h7-8,10,12H,5-6H2,1-4H3. The average molecular weight is 172 g/mol. The topological polar surface area (TPSA) is 37.3 Å². The van der Waals surface area contributed by atoms with Gasteiger partial charge < -0.3 is 5.11 Å². The first-order valence-corrected chi connectivity index (χ1v) is 4.69. The fourth-order valence-corrected chi connectivity index (χ4v) is 0.980. The molecule has 0 aliphatic carbocycles. The molecule has 72 valence electrons. The van der Waals surface area contributed by atoms with Gasteiger partial charge in [-0.25, -0.2) is 0 Å². The first-order chi connectivity index (χ1) is 5.49. The van der Waals surface area contributed by atoms with Gasteiger partial charge in [-0.3, -0.25) is 4.79 Å². The molecule has 0 rings (SSSR count). The van der Waals surface area contributed by atoms with Gasteiger partial charge >= 0.3 is 0 Å². The molecule has 1 N–H and O–H groups in total. The highest BCUT2D eigenvalue weighted by atomic mass is 16.3. The van der Waals surface area contributed by atoms with Gasteiger partial charge in [0.1, 0.15) is 6.10 Å². The van der Waals surface area contributed by atoms with Gasteiger partial charge in [-0.15, -0.1) is 0 Å². The summed E-state index contributed by atoms with van der Waals surface area (Å²) in [4.78, 5) is 11.3. The molecule has 0 aromatic heterocycles. The Labute approximate surface area is 75.0 Å². The molecular weight excluding hydrogens is 152 g/mol. The normalized spacial score (nSPS) is 16.2. The Morgan fingerprint density at radius 3 is 2.17 bits per heavy atom. The Hall–Kier alpha value is -0.370. The number of hydrogen-bond acceptors (Lipinski definition) is 2. The molecule has 0 fully saturated rings. The van der Waals surface area contributed by atoms with Gasteiger partial charge in [0.25, 0.3) is 0 Å². The number of hydrogen-bond donors (Lipinski definition) is 1. The Balaban J connectivity index is 3.87. The second kappa shape index (κ2) is 5.31. The van der Waals surface area contributed by atoms with Crippen LogP contribution in [0.4, 0.5) is 0 Å². The maximum absolute atomic E-state index is 11.3. The van der Waals surface area contributed by atoms with Crippen LogP contribution in [0.1, 0.15) is 40.5 Å². The quantitative estimate of drug-likeness (QED) is 0.688. The third-order valence-electron chi connectivity index (χ3n) is 2.21. The van der Waals surface area contributed by atoms with Crippen molar-refractivity contribution in [1.82, 2.24) is 0 Å². The van der Waals surface area contributed by atoms with Crippen molar-refractivity contribution in [1.29, 1.82) is 0 Å². The molecule has 2 atom stereocenters. The second-order valence-corrected chi connectivity index (χ2v) is 3.87. The molecular formula is C10H20O2. The number of carbonyl (C=O) groups excluding carboxylic acids is 1. The van der Waals surface area contributed by atoms with E-state index < -0.39 is 6.10 Å². The zero-order chi connectivity index (χ0) is 9.72. The van der Waals surface area contributed by atoms with Crippen molar-refractivity contribution in [2.45, 2.75) is 46.6 Å². The van der Waals surface area contributed by atoms with Crippen LogP contribution in [0.3, 0.4) is 0 Å². The predicted octanol–water partition coefficient (Wildman–Crippen LogP) is 2.01. The Kier molecular flexibility index (Phi) is 5.14. The molecule has 2 heteroatoms. The molecule has 2 nitrogen and oxygen atoms in total. The van der Waals surface area contributed by atoms with Crippen LogP contribution in [0.2, 0.25) is 0 Å². The molecule has 0 amide bonds. The maximum Gasteiger partial charge on any atom is 0.161 e. The molecule has 0 aliphatic rings. The summed E-state index contributed by atoms with van der Waals surface area (Å²) in [6.07, 6.45) is 0.742. The molecule has 0 saturated carbocycles. The van der Waals surface area contributed by atoms with Crippen LogP contribution in [0.5, 0.6) is 0 Å². The molecule has 0 aromatic carbocycles. The first kappa shape index (κ1) is 11.6. The van der Waals surface area contributed by atoms with Crippen molar-refractivity contribution < 1.29 is 9.90 Å². The molecule has 2 unspecified atom stereocenters. The highest BCUT2D eigenvalue weighted by Crippen LogP contribution is 2.12. The molecule has 0 aromatic rings. The number of carbonyl (C=O) groups is 1. The summed E-state index contributed by atoms with van der Waals surface area (Å²) in [6.45, 7) is 7.81. The van der Waals surface area contributed by atoms with Crippen LogP contribution in [0.15, 0.2) is 0 Å². The summed E-state index contributed by atoms with van der Waals surface area (Å²) in [7, 11) is 0. The minimum Gasteiger partial charge on any atom is -0.385 e. The highest BCUT2D eigenvalue weighted by Gasteiger charge is 2.19. The van der Waals surface area contributed by atoms with Crippen LogP contribution in [0, 0.1) is 11.8 Å². The van der Waals surface area contributed by atoms with Crippen molar-refractivity contribution in [2.24, 2.45) is 11.8 Å². The zero-order valence-corrected chi connectivity index (χ0v) is 8.50. The monoisotopic (exact) mass is 172 g/mol. The highest BCUT2D eigenvalue weighted by molar-refractivity contribution is 5.83. The number of aliphatic hydroxyl groups excluding tert-OH is 1. The van der Waals surface area contributed by atoms with Gasteiger partial charge in [-0.2, -0.15) is 0 Å². The lowest BCUT2D eigenvalue weighted by molar-refractivity contribution is -0.130. The molecule has 0 spiro atoms. The van der Waals surface area contributed by atoms with Gasteiger partial charge in [-0.05, 0) is 11.8 Å². The van der Waals surface area contributed by atoms with Gasteiger partial charge in [0.15, 0.2) is 5.78 Å². The van der Waals surface area contributed by atoms with Crippen LogP contribution in [0.25, 0.3) is 0 Å².